The molecule has 2 amide bonds. The highest BCUT2D eigenvalue weighted by atomic mass is 35.5. The molecule has 434 valence electrons. The van der Waals surface area contributed by atoms with Gasteiger partial charge in [-0.25, -0.2) is 9.37 Å². The van der Waals surface area contributed by atoms with Crippen molar-refractivity contribution in [2.45, 2.75) is 44.3 Å². The average Bonchev–Trinajstić information content (AvgIpc) is 4.52. The van der Waals surface area contributed by atoms with Gasteiger partial charge in [-0.15, -0.1) is 0 Å². The van der Waals surface area contributed by atoms with Gasteiger partial charge in [-0.3, -0.25) is 29.6 Å². The lowest BCUT2D eigenvalue weighted by Crippen LogP contribution is -2.53. The van der Waals surface area contributed by atoms with E-state index in [1.165, 1.54) is 24.4 Å². The molecule has 4 aliphatic heterocycles. The summed E-state index contributed by atoms with van der Waals surface area (Å²) in [6.07, 6.45) is 6.58. The van der Waals surface area contributed by atoms with E-state index in [0.29, 0.717) is 116 Å². The summed E-state index contributed by atoms with van der Waals surface area (Å²) in [5.41, 5.74) is 2.97. The molecule has 0 spiro atoms. The number of nitrogens with one attached hydrogen (secondary N) is 2. The molecule has 4 saturated heterocycles. The minimum atomic E-state index is -0.667. The molecule has 27 heteroatoms. The third-order valence-corrected chi connectivity index (χ3v) is 15.8. The zero-order valence-corrected chi connectivity index (χ0v) is 48.0. The number of benzene rings is 2. The molecular weight excluding hydrogens is 1110 g/mol. The SMILES string of the molecule is C=CC(=O)N1CCN(c2nc(O[C@@H]3CN(C)C[C@H]3OC)nc3c(Oc4c(C)ccc5[nH]ncc45)nc(Cl)cc23)CC1.C=CC(=O)N1CCN(c2nc(O[C@@H]3CN(C)C[C@H]3OC)nc3c(Oc4c(Cl)c(F)cc5[nH]ncc45)nccc23)[C@@H](C)C1. The quantitative estimate of drug-likeness (QED) is 0.0859. The molecule has 0 radical (unpaired) electrons. The Hall–Kier alpha value is -8.07. The van der Waals surface area contributed by atoms with Gasteiger partial charge in [0.25, 0.3) is 0 Å². The third kappa shape index (κ3) is 11.6. The number of nitrogens with zero attached hydrogens (tertiary/aromatic N) is 14. The highest BCUT2D eigenvalue weighted by Crippen LogP contribution is 2.42. The molecule has 0 unspecified atom stereocenters. The lowest BCUT2D eigenvalue weighted by molar-refractivity contribution is -0.127. The minimum Gasteiger partial charge on any atom is -0.456 e. The first-order chi connectivity index (χ1) is 40.1. The summed E-state index contributed by atoms with van der Waals surface area (Å²) < 4.78 is 51.3. The molecule has 83 heavy (non-hydrogen) atoms. The predicted octanol–water partition coefficient (Wildman–Crippen LogP) is 6.61. The van der Waals surface area contributed by atoms with Crippen LogP contribution in [-0.4, -0.2) is 212 Å². The number of carbonyl (C=O) groups is 2. The van der Waals surface area contributed by atoms with E-state index in [-0.39, 0.29) is 82.0 Å². The maximum atomic E-state index is 14.7. The van der Waals surface area contributed by atoms with Crippen LogP contribution in [0.2, 0.25) is 10.2 Å². The second kappa shape index (κ2) is 24.0. The maximum Gasteiger partial charge on any atom is 0.319 e. The van der Waals surface area contributed by atoms with E-state index >= 15 is 0 Å². The number of amides is 2. The Morgan fingerprint density at radius 3 is 1.88 bits per heavy atom. The summed E-state index contributed by atoms with van der Waals surface area (Å²) in [6.45, 7) is 17.6. The second-order valence-corrected chi connectivity index (χ2v) is 21.5. The fourth-order valence-corrected chi connectivity index (χ4v) is 11.3. The van der Waals surface area contributed by atoms with Crippen molar-refractivity contribution in [1.29, 1.82) is 0 Å². The van der Waals surface area contributed by atoms with Gasteiger partial charge in [-0.05, 0) is 63.9 Å². The molecule has 0 aliphatic carbocycles. The van der Waals surface area contributed by atoms with Crippen molar-refractivity contribution in [2.75, 3.05) is 110 Å². The zero-order chi connectivity index (χ0) is 58.2. The van der Waals surface area contributed by atoms with Crippen LogP contribution in [0.1, 0.15) is 12.5 Å². The molecule has 8 aromatic rings. The van der Waals surface area contributed by atoms with Gasteiger partial charge in [-0.1, -0.05) is 42.4 Å². The number of likely N-dealkylation sites (tertiary alicyclic amines) is 2. The van der Waals surface area contributed by atoms with Crippen LogP contribution in [-0.2, 0) is 19.1 Å². The van der Waals surface area contributed by atoms with Crippen molar-refractivity contribution in [2.24, 2.45) is 0 Å². The number of methoxy groups -OCH3 is 2. The van der Waals surface area contributed by atoms with Crippen LogP contribution in [0.4, 0.5) is 16.0 Å². The molecule has 10 heterocycles. The maximum absolute atomic E-state index is 14.7. The molecule has 2 N–H and O–H groups in total. The zero-order valence-electron chi connectivity index (χ0n) is 46.5. The smallest absolute Gasteiger partial charge is 0.319 e. The summed E-state index contributed by atoms with van der Waals surface area (Å²) >= 11 is 12.9. The van der Waals surface area contributed by atoms with Gasteiger partial charge < -0.3 is 48.0 Å². The van der Waals surface area contributed by atoms with Crippen molar-refractivity contribution >= 4 is 90.3 Å². The van der Waals surface area contributed by atoms with Crippen molar-refractivity contribution in [3.63, 3.8) is 0 Å². The van der Waals surface area contributed by atoms with Crippen molar-refractivity contribution in [3.05, 3.63) is 95.8 Å². The van der Waals surface area contributed by atoms with E-state index in [1.807, 2.05) is 40.1 Å². The monoisotopic (exact) mass is 1170 g/mol. The lowest BCUT2D eigenvalue weighted by Gasteiger charge is -2.40. The summed E-state index contributed by atoms with van der Waals surface area (Å²) in [5, 5.41) is 16.5. The number of pyridine rings is 2. The number of hydrogen-bond donors (Lipinski definition) is 2. The van der Waals surface area contributed by atoms with Crippen LogP contribution < -0.4 is 28.7 Å². The van der Waals surface area contributed by atoms with E-state index in [4.69, 9.17) is 71.6 Å². The van der Waals surface area contributed by atoms with Crippen LogP contribution in [0.25, 0.3) is 43.6 Å². The van der Waals surface area contributed by atoms with Gasteiger partial charge >= 0.3 is 12.0 Å². The summed E-state index contributed by atoms with van der Waals surface area (Å²) in [4.78, 5) is 64.7. The van der Waals surface area contributed by atoms with Crippen LogP contribution in [0, 0.1) is 12.7 Å². The number of piperazine rings is 2. The number of anilines is 2. The molecule has 0 bridgehead atoms. The molecule has 0 saturated carbocycles. The van der Waals surface area contributed by atoms with Crippen molar-refractivity contribution < 1.29 is 42.4 Å². The molecule has 5 atom stereocenters. The fourth-order valence-electron chi connectivity index (χ4n) is 10.9. The highest BCUT2D eigenvalue weighted by molar-refractivity contribution is 6.33. The number of H-pyrrole nitrogens is 2. The Bertz CT molecular complexity index is 3770. The van der Waals surface area contributed by atoms with Gasteiger partial charge in [0, 0.05) is 105 Å². The molecule has 2 aromatic carbocycles. The average molecular weight is 1180 g/mol. The number of hydrogen-bond acceptors (Lipinski definition) is 20. The fraction of sp³-hybridized carbons (Fsp3) is 0.393. The molecule has 4 aliphatic rings. The standard InChI is InChI=1S/C28H30ClFN8O4.C28H31ClN8O4/c1-5-22(39)37-8-9-38(15(2)12-37)26-16-6-7-31-27(42-25-17-11-32-35-19(17)10-18(30)23(25)29)24(16)33-28(34-26)41-21-14-36(3)13-20(21)40-4;1-5-23(38)36-8-10-37(11-9-36)26-17-12-22(29)31-27(41-25-16(2)6-7-19-18(25)13-30-34-19)24(17)32-28(33-26)40-21-15-35(3)14-20(21)39-4/h5-7,10-11,15,20-21H,1,8-9,12-14H2,2-4H3,(H,32,35);5-7,12-13,20-21H,1,8-11,14-15H2,2-4H3,(H,30,34)/t15-,20+,21+;20-,21-/m01/s1. The first-order valence-corrected chi connectivity index (χ1v) is 27.6. The number of halogens is 3. The van der Waals surface area contributed by atoms with Crippen molar-refractivity contribution in [3.8, 4) is 35.3 Å². The molecular formula is C56H61Cl2FN16O8. The van der Waals surface area contributed by atoms with Crippen LogP contribution in [0.3, 0.4) is 0 Å². The summed E-state index contributed by atoms with van der Waals surface area (Å²) in [7, 11) is 7.33. The summed E-state index contributed by atoms with van der Waals surface area (Å²) in [6, 6.07) is 8.89. The topological polar surface area (TPSA) is 244 Å². The van der Waals surface area contributed by atoms with E-state index < -0.39 is 5.82 Å². The Kier molecular flexibility index (Phi) is 16.4. The van der Waals surface area contributed by atoms with Crippen LogP contribution in [0.15, 0.2) is 74.2 Å². The van der Waals surface area contributed by atoms with E-state index in [0.717, 1.165) is 23.0 Å². The van der Waals surface area contributed by atoms with Crippen molar-refractivity contribution in [1.82, 2.24) is 69.9 Å². The number of likely N-dealkylation sites (N-methyl/N-ethyl adjacent to an activating group) is 2. The number of rotatable bonds is 14. The van der Waals surface area contributed by atoms with Gasteiger partial charge in [0.05, 0.1) is 45.0 Å². The predicted molar refractivity (Wildman–Crippen MR) is 310 cm³/mol. The Labute approximate surface area is 486 Å². The largest absolute Gasteiger partial charge is 0.456 e. The number of aromatic nitrogens is 10. The Morgan fingerprint density at radius 1 is 0.663 bits per heavy atom. The Morgan fingerprint density at radius 2 is 1.24 bits per heavy atom. The van der Waals surface area contributed by atoms with Gasteiger partial charge in [-0.2, -0.15) is 35.1 Å². The van der Waals surface area contributed by atoms with E-state index in [1.54, 1.807) is 48.5 Å². The van der Waals surface area contributed by atoms with Gasteiger partial charge in [0.15, 0.2) is 5.75 Å². The number of aromatic amines is 2. The van der Waals surface area contributed by atoms with Crippen LogP contribution >= 0.6 is 23.2 Å². The molecule has 24 nitrogen and oxygen atoms in total. The normalized spacial score (nSPS) is 20.5. The molecule has 12 rings (SSSR count). The number of ether oxygens (including phenoxy) is 6. The minimum absolute atomic E-state index is 0.0600. The summed E-state index contributed by atoms with van der Waals surface area (Å²) in [5.74, 6) is 1.33. The third-order valence-electron chi connectivity index (χ3n) is 15.2. The number of aryl methyl sites for hydroxylation is 1. The van der Waals surface area contributed by atoms with E-state index in [2.05, 4.69) is 63.1 Å². The van der Waals surface area contributed by atoms with Crippen LogP contribution in [0.5, 0.6) is 35.3 Å². The molecule has 6 aromatic heterocycles. The molecule has 4 fully saturated rings. The second-order valence-electron chi connectivity index (χ2n) is 20.7. The first kappa shape index (κ1) is 56.8. The van der Waals surface area contributed by atoms with E-state index in [9.17, 15) is 14.0 Å². The first-order valence-electron chi connectivity index (χ1n) is 26.9. The highest BCUT2D eigenvalue weighted by Gasteiger charge is 2.37. The van der Waals surface area contributed by atoms with Gasteiger partial charge in [0.2, 0.25) is 23.6 Å². The number of fused-ring (bicyclic) bond motifs is 4. The number of carbonyl (C=O) groups excluding carboxylic acids is 2. The Balaban J connectivity index is 0.000000174. The van der Waals surface area contributed by atoms with Gasteiger partial charge in [0.1, 0.15) is 68.8 Å². The lowest BCUT2D eigenvalue weighted by atomic mass is 10.1.